The predicted octanol–water partition coefficient (Wildman–Crippen LogP) is 3.08. The largest absolute Gasteiger partial charge is 0.506 e. The number of H-pyrrole nitrogens is 1. The number of nitrogens with zero attached hydrogens (tertiary/aromatic N) is 3. The molecule has 6 nitrogen and oxygen atoms in total. The van der Waals surface area contributed by atoms with Crippen molar-refractivity contribution in [2.24, 2.45) is 0 Å². The summed E-state index contributed by atoms with van der Waals surface area (Å²) in [5, 5.41) is 14.1. The molecule has 2 aromatic carbocycles. The average molecular weight is 348 g/mol. The Balaban J connectivity index is 1.50. The molecule has 3 heterocycles. The molecular weight excluding hydrogens is 328 g/mol. The smallest absolute Gasteiger partial charge is 0.268 e. The zero-order valence-corrected chi connectivity index (χ0v) is 14.6. The van der Waals surface area contributed by atoms with Gasteiger partial charge in [-0.2, -0.15) is 0 Å². The number of phenolic OH excluding ortho intramolecular Hbond substituents is 1. The fraction of sp³-hybridized carbons (Fsp3) is 0.300. The minimum atomic E-state index is 0.0851. The van der Waals surface area contributed by atoms with Gasteiger partial charge in [0.15, 0.2) is 0 Å². The first-order valence-corrected chi connectivity index (χ1v) is 8.99. The maximum atomic E-state index is 12.9. The molecule has 0 spiro atoms. The summed E-state index contributed by atoms with van der Waals surface area (Å²) in [6, 6.07) is 11.4. The summed E-state index contributed by atoms with van der Waals surface area (Å²) in [6.45, 7) is 3.95. The highest BCUT2D eigenvalue weighted by Crippen LogP contribution is 2.32. The number of aromatic nitrogens is 2. The topological polar surface area (TPSA) is 72.5 Å². The van der Waals surface area contributed by atoms with Gasteiger partial charge in [-0.3, -0.25) is 9.80 Å². The van der Waals surface area contributed by atoms with Crippen LogP contribution in [0.4, 0.5) is 0 Å². The predicted molar refractivity (Wildman–Crippen MR) is 98.7 cm³/mol. The number of aromatic amines is 1. The van der Waals surface area contributed by atoms with E-state index in [1.165, 1.54) is 0 Å². The van der Waals surface area contributed by atoms with Crippen LogP contribution in [0.2, 0.25) is 0 Å². The Morgan fingerprint density at radius 3 is 2.69 bits per heavy atom. The quantitative estimate of drug-likeness (QED) is 0.746. The van der Waals surface area contributed by atoms with Crippen molar-refractivity contribution in [1.82, 2.24) is 20.0 Å². The van der Waals surface area contributed by atoms with Gasteiger partial charge in [-0.15, -0.1) is 0 Å². The van der Waals surface area contributed by atoms with Crippen LogP contribution in [-0.2, 0) is 0 Å². The summed E-state index contributed by atoms with van der Waals surface area (Å²) >= 11 is 0. The first-order valence-electron chi connectivity index (χ1n) is 8.99. The molecule has 0 unspecified atom stereocenters. The summed E-state index contributed by atoms with van der Waals surface area (Å²) in [5.74, 6) is 0.943. The number of amides is 1. The summed E-state index contributed by atoms with van der Waals surface area (Å²) in [5.41, 5.74) is 3.98. The number of piperidine rings is 1. The Bertz CT molecular complexity index is 1010. The molecule has 1 amide bonds. The van der Waals surface area contributed by atoms with Crippen molar-refractivity contribution in [2.75, 3.05) is 13.1 Å². The van der Waals surface area contributed by atoms with Gasteiger partial charge in [0.05, 0.1) is 11.6 Å². The van der Waals surface area contributed by atoms with E-state index in [2.05, 4.69) is 15.0 Å². The van der Waals surface area contributed by atoms with Gasteiger partial charge in [0.25, 0.3) is 5.91 Å². The normalized spacial score (nSPS) is 21.7. The maximum absolute atomic E-state index is 12.9. The molecule has 5 rings (SSSR count). The van der Waals surface area contributed by atoms with Crippen molar-refractivity contribution in [1.29, 1.82) is 0 Å². The lowest BCUT2D eigenvalue weighted by atomic mass is 10.0. The molecule has 2 saturated heterocycles. The Hall–Kier alpha value is -2.86. The number of nitrogens with one attached hydrogen (secondary N) is 1. The van der Waals surface area contributed by atoms with E-state index < -0.39 is 0 Å². The first kappa shape index (κ1) is 15.4. The van der Waals surface area contributed by atoms with Crippen LogP contribution in [0.25, 0.3) is 22.4 Å². The number of hydrogen-bond acceptors (Lipinski definition) is 4. The Kier molecular flexibility index (Phi) is 3.30. The number of para-hydroxylation sites is 1. The van der Waals surface area contributed by atoms with Crippen molar-refractivity contribution in [3.63, 3.8) is 0 Å². The van der Waals surface area contributed by atoms with Gasteiger partial charge in [-0.25, -0.2) is 9.99 Å². The van der Waals surface area contributed by atoms with Crippen LogP contribution in [-0.4, -0.2) is 50.1 Å². The van der Waals surface area contributed by atoms with E-state index in [1.807, 2.05) is 36.2 Å². The van der Waals surface area contributed by atoms with Gasteiger partial charge >= 0.3 is 0 Å². The van der Waals surface area contributed by atoms with Crippen molar-refractivity contribution in [2.45, 2.75) is 25.8 Å². The number of hydrazine groups is 1. The molecule has 2 aliphatic rings. The lowest BCUT2D eigenvalue weighted by Gasteiger charge is -2.24. The van der Waals surface area contributed by atoms with E-state index in [4.69, 9.17) is 0 Å². The summed E-state index contributed by atoms with van der Waals surface area (Å²) in [6.07, 6.45) is 2.15. The van der Waals surface area contributed by atoms with Crippen LogP contribution < -0.4 is 0 Å². The number of aromatic hydroxyl groups is 1. The second-order valence-electron chi connectivity index (χ2n) is 7.12. The minimum Gasteiger partial charge on any atom is -0.506 e. The van der Waals surface area contributed by atoms with Crippen molar-refractivity contribution in [3.8, 4) is 17.1 Å². The molecule has 26 heavy (non-hydrogen) atoms. The third-order valence-corrected chi connectivity index (χ3v) is 5.52. The number of aryl methyl sites for hydroxylation is 1. The van der Waals surface area contributed by atoms with E-state index in [0.717, 1.165) is 42.6 Å². The molecule has 0 radical (unpaired) electrons. The van der Waals surface area contributed by atoms with Crippen LogP contribution in [0, 0.1) is 6.92 Å². The molecule has 6 heteroatoms. The zero-order chi connectivity index (χ0) is 17.8. The van der Waals surface area contributed by atoms with Gasteiger partial charge in [0, 0.05) is 24.2 Å². The third kappa shape index (κ3) is 2.22. The van der Waals surface area contributed by atoms with Crippen LogP contribution in [0.3, 0.4) is 0 Å². The van der Waals surface area contributed by atoms with Crippen LogP contribution >= 0.6 is 0 Å². The number of carbonyl (C=O) groups is 1. The minimum absolute atomic E-state index is 0.0851. The molecule has 3 aromatic rings. The Morgan fingerprint density at radius 1 is 1.23 bits per heavy atom. The van der Waals surface area contributed by atoms with Gasteiger partial charge < -0.3 is 10.1 Å². The lowest BCUT2D eigenvalue weighted by molar-refractivity contribution is 0.0334. The van der Waals surface area contributed by atoms with Crippen molar-refractivity contribution < 1.29 is 9.90 Å². The molecule has 0 aliphatic carbocycles. The summed E-state index contributed by atoms with van der Waals surface area (Å²) < 4.78 is 0. The van der Waals surface area contributed by atoms with Gasteiger partial charge in [-0.05, 0) is 49.6 Å². The first-order chi connectivity index (χ1) is 12.6. The van der Waals surface area contributed by atoms with E-state index in [0.29, 0.717) is 22.9 Å². The van der Waals surface area contributed by atoms with E-state index >= 15 is 0 Å². The molecule has 1 aromatic heterocycles. The lowest BCUT2D eigenvalue weighted by Crippen LogP contribution is -2.38. The molecule has 2 fully saturated rings. The fourth-order valence-corrected chi connectivity index (χ4v) is 4.18. The zero-order valence-electron chi connectivity index (χ0n) is 14.6. The molecule has 0 atom stereocenters. The van der Waals surface area contributed by atoms with Gasteiger partial charge in [0.1, 0.15) is 17.1 Å². The van der Waals surface area contributed by atoms with Crippen LogP contribution in [0.15, 0.2) is 36.4 Å². The molecule has 0 saturated carbocycles. The van der Waals surface area contributed by atoms with Gasteiger partial charge in [-0.1, -0.05) is 12.1 Å². The number of carbonyl (C=O) groups excluding carboxylic acids is 1. The fourth-order valence-electron chi connectivity index (χ4n) is 4.18. The standard InChI is InChI=1S/C20H20N4O2/c1-12-11-13(20(26)24-14-7-9-23(24)10-8-14)5-6-15(12)19-21-16-3-2-4-17(25)18(16)22-19/h2-6,11,14,25H,7-10H2,1H3,(H,21,22). The van der Waals surface area contributed by atoms with E-state index in [1.54, 1.807) is 12.1 Å². The number of benzene rings is 2. The molecule has 132 valence electrons. The number of phenols is 1. The maximum Gasteiger partial charge on any atom is 0.268 e. The van der Waals surface area contributed by atoms with E-state index in [-0.39, 0.29) is 11.7 Å². The molecule has 2 aliphatic heterocycles. The molecular formula is C20H20N4O2. The van der Waals surface area contributed by atoms with E-state index in [9.17, 15) is 9.90 Å². The Morgan fingerprint density at radius 2 is 2.04 bits per heavy atom. The third-order valence-electron chi connectivity index (χ3n) is 5.52. The second-order valence-corrected chi connectivity index (χ2v) is 7.12. The van der Waals surface area contributed by atoms with Crippen LogP contribution in [0.5, 0.6) is 5.75 Å². The number of fused-ring (bicyclic) bond motifs is 3. The number of imidazole rings is 1. The van der Waals surface area contributed by atoms with Crippen LogP contribution in [0.1, 0.15) is 28.8 Å². The highest BCUT2D eigenvalue weighted by Gasteiger charge is 2.41. The summed E-state index contributed by atoms with van der Waals surface area (Å²) in [7, 11) is 0. The van der Waals surface area contributed by atoms with Gasteiger partial charge in [0.2, 0.25) is 0 Å². The molecule has 2 N–H and O–H groups in total. The second kappa shape index (κ2) is 5.57. The Labute approximate surface area is 151 Å². The van der Waals surface area contributed by atoms with Crippen molar-refractivity contribution in [3.05, 3.63) is 47.5 Å². The number of rotatable bonds is 2. The highest BCUT2D eigenvalue weighted by molar-refractivity contribution is 5.95. The average Bonchev–Trinajstić information content (AvgIpc) is 3.35. The summed E-state index contributed by atoms with van der Waals surface area (Å²) in [4.78, 5) is 20.7. The van der Waals surface area contributed by atoms with Crippen molar-refractivity contribution >= 4 is 16.9 Å². The molecule has 2 bridgehead atoms. The highest BCUT2D eigenvalue weighted by atomic mass is 16.3. The monoisotopic (exact) mass is 348 g/mol. The number of hydrogen-bond donors (Lipinski definition) is 2. The SMILES string of the molecule is Cc1cc(C(=O)N2C3CCN2CC3)ccc1-c1nc2c(O)cccc2[nH]1.